The minimum Gasteiger partial charge on any atom is -0.469 e. The lowest BCUT2D eigenvalue weighted by atomic mass is 9.96. The molecule has 19 heavy (non-hydrogen) atoms. The summed E-state index contributed by atoms with van der Waals surface area (Å²) in [6.45, 7) is 2.64. The minimum atomic E-state index is -0.218. The molecule has 2 aliphatic rings. The van der Waals surface area contributed by atoms with Crippen LogP contribution in [0.3, 0.4) is 0 Å². The fourth-order valence-electron chi connectivity index (χ4n) is 2.92. The number of piperidine rings is 1. The summed E-state index contributed by atoms with van der Waals surface area (Å²) >= 11 is 0. The standard InChI is InChI=1S/C13H22N2O3.ClH/c1-18-12(16)9-11-3-2-8-15(11)13(17)10-4-6-14-7-5-10;/h10-11,14H,2-9H2,1H3;1H. The second-order valence-corrected chi connectivity index (χ2v) is 5.13. The molecule has 1 unspecified atom stereocenters. The summed E-state index contributed by atoms with van der Waals surface area (Å²) in [7, 11) is 1.40. The molecule has 0 spiro atoms. The van der Waals surface area contributed by atoms with Crippen LogP contribution in [-0.4, -0.2) is 49.6 Å². The van der Waals surface area contributed by atoms with E-state index in [-0.39, 0.29) is 36.2 Å². The first-order chi connectivity index (χ1) is 8.72. The topological polar surface area (TPSA) is 58.6 Å². The maximum atomic E-state index is 12.4. The summed E-state index contributed by atoms with van der Waals surface area (Å²) in [6.07, 6.45) is 4.10. The van der Waals surface area contributed by atoms with E-state index < -0.39 is 0 Å². The third-order valence-electron chi connectivity index (χ3n) is 3.98. The average molecular weight is 291 g/mol. The van der Waals surface area contributed by atoms with Crippen molar-refractivity contribution in [1.82, 2.24) is 10.2 Å². The van der Waals surface area contributed by atoms with Crippen LogP contribution in [0.2, 0.25) is 0 Å². The Kier molecular flexibility index (Phi) is 6.58. The van der Waals surface area contributed by atoms with Crippen LogP contribution in [0.15, 0.2) is 0 Å². The Hall–Kier alpha value is -0.810. The molecule has 2 saturated heterocycles. The molecule has 1 amide bonds. The number of hydrogen-bond acceptors (Lipinski definition) is 4. The molecular weight excluding hydrogens is 268 g/mol. The lowest BCUT2D eigenvalue weighted by molar-refractivity contribution is -0.144. The van der Waals surface area contributed by atoms with E-state index in [0.29, 0.717) is 6.42 Å². The van der Waals surface area contributed by atoms with E-state index in [1.807, 2.05) is 4.90 Å². The predicted molar refractivity (Wildman–Crippen MR) is 74.2 cm³/mol. The van der Waals surface area contributed by atoms with Crippen LogP contribution in [-0.2, 0) is 14.3 Å². The number of ether oxygens (including phenoxy) is 1. The van der Waals surface area contributed by atoms with Crippen LogP contribution < -0.4 is 5.32 Å². The number of carbonyl (C=O) groups is 2. The molecule has 0 aliphatic carbocycles. The van der Waals surface area contributed by atoms with Gasteiger partial charge < -0.3 is 15.0 Å². The molecule has 0 radical (unpaired) electrons. The van der Waals surface area contributed by atoms with E-state index in [0.717, 1.165) is 45.3 Å². The van der Waals surface area contributed by atoms with Gasteiger partial charge in [0.05, 0.1) is 13.5 Å². The van der Waals surface area contributed by atoms with Crippen molar-refractivity contribution in [3.05, 3.63) is 0 Å². The fourth-order valence-corrected chi connectivity index (χ4v) is 2.92. The quantitative estimate of drug-likeness (QED) is 0.787. The molecule has 0 aromatic rings. The zero-order valence-electron chi connectivity index (χ0n) is 11.4. The van der Waals surface area contributed by atoms with E-state index in [2.05, 4.69) is 5.32 Å². The van der Waals surface area contributed by atoms with Gasteiger partial charge in [-0.3, -0.25) is 9.59 Å². The van der Waals surface area contributed by atoms with Gasteiger partial charge in [0.2, 0.25) is 5.91 Å². The molecule has 1 N–H and O–H groups in total. The zero-order chi connectivity index (χ0) is 13.0. The first kappa shape index (κ1) is 16.2. The summed E-state index contributed by atoms with van der Waals surface area (Å²) in [4.78, 5) is 25.7. The fraction of sp³-hybridized carbons (Fsp3) is 0.846. The van der Waals surface area contributed by atoms with Crippen LogP contribution in [0.25, 0.3) is 0 Å². The van der Waals surface area contributed by atoms with Gasteiger partial charge in [-0.15, -0.1) is 12.4 Å². The summed E-state index contributed by atoms with van der Waals surface area (Å²) in [5.41, 5.74) is 0. The van der Waals surface area contributed by atoms with Crippen LogP contribution >= 0.6 is 12.4 Å². The Labute approximate surface area is 120 Å². The lowest BCUT2D eigenvalue weighted by Gasteiger charge is -2.30. The van der Waals surface area contributed by atoms with Crippen molar-refractivity contribution in [2.24, 2.45) is 5.92 Å². The van der Waals surface area contributed by atoms with E-state index in [1.54, 1.807) is 0 Å². The van der Waals surface area contributed by atoms with Gasteiger partial charge in [0, 0.05) is 18.5 Å². The van der Waals surface area contributed by atoms with Crippen molar-refractivity contribution < 1.29 is 14.3 Å². The van der Waals surface area contributed by atoms with Crippen LogP contribution in [0.5, 0.6) is 0 Å². The molecule has 6 heteroatoms. The molecule has 5 nitrogen and oxygen atoms in total. The van der Waals surface area contributed by atoms with Crippen molar-refractivity contribution in [2.75, 3.05) is 26.7 Å². The number of hydrogen-bond donors (Lipinski definition) is 1. The number of nitrogens with zero attached hydrogens (tertiary/aromatic N) is 1. The maximum Gasteiger partial charge on any atom is 0.307 e. The normalized spacial score (nSPS) is 23.8. The van der Waals surface area contributed by atoms with Crippen molar-refractivity contribution in [2.45, 2.75) is 38.1 Å². The van der Waals surface area contributed by atoms with E-state index in [1.165, 1.54) is 7.11 Å². The number of likely N-dealkylation sites (tertiary alicyclic amines) is 1. The van der Waals surface area contributed by atoms with Crippen LogP contribution in [0.4, 0.5) is 0 Å². The van der Waals surface area contributed by atoms with Gasteiger partial charge in [0.25, 0.3) is 0 Å². The summed E-state index contributed by atoms with van der Waals surface area (Å²) < 4.78 is 4.70. The van der Waals surface area contributed by atoms with Crippen molar-refractivity contribution in [3.8, 4) is 0 Å². The highest BCUT2D eigenvalue weighted by Gasteiger charge is 2.34. The van der Waals surface area contributed by atoms with Crippen molar-refractivity contribution >= 4 is 24.3 Å². The first-order valence-corrected chi connectivity index (χ1v) is 6.80. The Morgan fingerprint density at radius 1 is 1.26 bits per heavy atom. The Morgan fingerprint density at radius 2 is 1.95 bits per heavy atom. The van der Waals surface area contributed by atoms with Gasteiger partial charge in [-0.2, -0.15) is 0 Å². The van der Waals surface area contributed by atoms with Crippen molar-refractivity contribution in [3.63, 3.8) is 0 Å². The average Bonchev–Trinajstić information content (AvgIpc) is 2.86. The van der Waals surface area contributed by atoms with Crippen LogP contribution in [0.1, 0.15) is 32.1 Å². The molecule has 2 aliphatic heterocycles. The summed E-state index contributed by atoms with van der Waals surface area (Å²) in [6, 6.07) is 0.0554. The van der Waals surface area contributed by atoms with Crippen molar-refractivity contribution in [1.29, 1.82) is 0 Å². The third-order valence-corrected chi connectivity index (χ3v) is 3.98. The smallest absolute Gasteiger partial charge is 0.307 e. The Bertz CT molecular complexity index is 319. The van der Waals surface area contributed by atoms with Gasteiger partial charge in [-0.05, 0) is 38.8 Å². The molecule has 2 heterocycles. The number of rotatable bonds is 3. The predicted octanol–water partition coefficient (Wildman–Crippen LogP) is 0.962. The SMILES string of the molecule is COC(=O)CC1CCCN1C(=O)C1CCNCC1.Cl. The molecule has 2 rings (SSSR count). The number of methoxy groups -OCH3 is 1. The zero-order valence-corrected chi connectivity index (χ0v) is 12.2. The maximum absolute atomic E-state index is 12.4. The Balaban J connectivity index is 0.00000180. The largest absolute Gasteiger partial charge is 0.469 e. The number of carbonyl (C=O) groups excluding carboxylic acids is 2. The highest BCUT2D eigenvalue weighted by Crippen LogP contribution is 2.25. The highest BCUT2D eigenvalue weighted by molar-refractivity contribution is 5.85. The molecule has 0 saturated carbocycles. The highest BCUT2D eigenvalue weighted by atomic mass is 35.5. The lowest BCUT2D eigenvalue weighted by Crippen LogP contribution is -2.43. The minimum absolute atomic E-state index is 0. The second kappa shape index (κ2) is 7.70. The van der Waals surface area contributed by atoms with Gasteiger partial charge in [0.15, 0.2) is 0 Å². The Morgan fingerprint density at radius 3 is 2.58 bits per heavy atom. The van der Waals surface area contributed by atoms with Gasteiger partial charge in [-0.25, -0.2) is 0 Å². The van der Waals surface area contributed by atoms with E-state index in [9.17, 15) is 9.59 Å². The third kappa shape index (κ3) is 4.08. The molecular formula is C13H23ClN2O3. The molecule has 110 valence electrons. The number of nitrogens with one attached hydrogen (secondary N) is 1. The molecule has 0 aromatic carbocycles. The molecule has 0 aromatic heterocycles. The van der Waals surface area contributed by atoms with Gasteiger partial charge in [-0.1, -0.05) is 0 Å². The first-order valence-electron chi connectivity index (χ1n) is 6.80. The molecule has 1 atom stereocenters. The number of amides is 1. The van der Waals surface area contributed by atoms with E-state index >= 15 is 0 Å². The number of halogens is 1. The summed E-state index contributed by atoms with van der Waals surface area (Å²) in [5, 5.41) is 3.27. The van der Waals surface area contributed by atoms with E-state index in [4.69, 9.17) is 4.74 Å². The number of esters is 1. The van der Waals surface area contributed by atoms with Crippen LogP contribution in [0, 0.1) is 5.92 Å². The monoisotopic (exact) mass is 290 g/mol. The van der Waals surface area contributed by atoms with Gasteiger partial charge in [0.1, 0.15) is 0 Å². The van der Waals surface area contributed by atoms with Gasteiger partial charge >= 0.3 is 5.97 Å². The summed E-state index contributed by atoms with van der Waals surface area (Å²) in [5.74, 6) is 0.164. The molecule has 2 fully saturated rings. The second-order valence-electron chi connectivity index (χ2n) is 5.13. The molecule has 0 bridgehead atoms.